The van der Waals surface area contributed by atoms with E-state index in [-0.39, 0.29) is 11.8 Å². The van der Waals surface area contributed by atoms with Crippen LogP contribution in [0.5, 0.6) is 5.75 Å². The molecule has 0 radical (unpaired) electrons. The monoisotopic (exact) mass is 367 g/mol. The number of alkyl halides is 3. The summed E-state index contributed by atoms with van der Waals surface area (Å²) in [5.41, 5.74) is 1.52. The zero-order valence-electron chi connectivity index (χ0n) is 14.1. The number of ether oxygens (including phenoxy) is 2. The number of halogens is 3. The summed E-state index contributed by atoms with van der Waals surface area (Å²) >= 11 is 0. The highest BCUT2D eigenvalue weighted by atomic mass is 19.4. The number of H-pyrrole nitrogens is 1. The Morgan fingerprint density at radius 1 is 1.19 bits per heavy atom. The van der Waals surface area contributed by atoms with Gasteiger partial charge in [0.2, 0.25) is 0 Å². The van der Waals surface area contributed by atoms with Gasteiger partial charge in [0.25, 0.3) is 0 Å². The van der Waals surface area contributed by atoms with Gasteiger partial charge in [-0.3, -0.25) is 4.90 Å². The van der Waals surface area contributed by atoms with Gasteiger partial charge in [0.15, 0.2) is 0 Å². The van der Waals surface area contributed by atoms with E-state index in [2.05, 4.69) is 19.6 Å². The fourth-order valence-electron chi connectivity index (χ4n) is 3.50. The largest absolute Gasteiger partial charge is 0.573 e. The molecule has 0 spiro atoms. The third-order valence-corrected chi connectivity index (χ3v) is 5.02. The van der Waals surface area contributed by atoms with Crippen molar-refractivity contribution in [3.63, 3.8) is 0 Å². The molecular weight excluding hydrogens is 347 g/mol. The summed E-state index contributed by atoms with van der Waals surface area (Å²) in [6.45, 7) is 2.23. The van der Waals surface area contributed by atoms with Crippen molar-refractivity contribution in [1.29, 1.82) is 0 Å². The number of hydrogen-bond acceptors (Lipinski definition) is 4. The predicted octanol–water partition coefficient (Wildman–Crippen LogP) is 3.90. The zero-order chi connectivity index (χ0) is 18.1. The summed E-state index contributed by atoms with van der Waals surface area (Å²) in [6.07, 6.45) is 0.719. The first kappa shape index (κ1) is 17.4. The number of nitrogens with zero attached hydrogens (tertiary/aromatic N) is 2. The molecule has 0 unspecified atom stereocenters. The van der Waals surface area contributed by atoms with Crippen LogP contribution >= 0.6 is 0 Å². The van der Waals surface area contributed by atoms with Crippen molar-refractivity contribution in [2.45, 2.75) is 37.7 Å². The maximum Gasteiger partial charge on any atom is 0.573 e. The number of imidazole rings is 1. The van der Waals surface area contributed by atoms with Crippen LogP contribution in [0, 0.1) is 0 Å². The SMILES string of the molecule is FC(F)(F)Oc1ccc(-c2cnc([C@@H]3COCCN3C3CCC3)[nH]2)cc1. The zero-order valence-corrected chi connectivity index (χ0v) is 14.1. The number of aromatic amines is 1. The van der Waals surface area contributed by atoms with Crippen LogP contribution in [-0.2, 0) is 4.74 Å². The topological polar surface area (TPSA) is 50.4 Å². The maximum atomic E-state index is 12.3. The third-order valence-electron chi connectivity index (χ3n) is 5.02. The minimum atomic E-state index is -4.69. The predicted molar refractivity (Wildman–Crippen MR) is 88.6 cm³/mol. The number of benzene rings is 1. The van der Waals surface area contributed by atoms with Crippen LogP contribution in [0.1, 0.15) is 31.1 Å². The van der Waals surface area contributed by atoms with E-state index in [1.165, 1.54) is 31.4 Å². The first-order valence-electron chi connectivity index (χ1n) is 8.74. The van der Waals surface area contributed by atoms with E-state index in [1.807, 2.05) is 0 Å². The Hall–Kier alpha value is -2.06. The second kappa shape index (κ2) is 6.92. The highest BCUT2D eigenvalue weighted by Gasteiger charge is 2.35. The van der Waals surface area contributed by atoms with Crippen molar-refractivity contribution in [3.05, 3.63) is 36.3 Å². The molecule has 4 rings (SSSR count). The molecule has 2 heterocycles. The van der Waals surface area contributed by atoms with Gasteiger partial charge in [0, 0.05) is 12.6 Å². The van der Waals surface area contributed by atoms with Crippen molar-refractivity contribution < 1.29 is 22.6 Å². The lowest BCUT2D eigenvalue weighted by Gasteiger charge is -2.44. The number of rotatable bonds is 4. The standard InChI is InChI=1S/C18H20F3N3O2/c19-18(20,21)26-14-6-4-12(5-7-14)15-10-22-17(23-15)16-11-25-9-8-24(16)13-2-1-3-13/h4-7,10,13,16H,1-3,8-9,11H2,(H,22,23)/t16-/m0/s1. The quantitative estimate of drug-likeness (QED) is 0.891. The van der Waals surface area contributed by atoms with Crippen molar-refractivity contribution in [1.82, 2.24) is 14.9 Å². The Balaban J connectivity index is 1.50. The van der Waals surface area contributed by atoms with Crippen LogP contribution in [0.15, 0.2) is 30.5 Å². The van der Waals surface area contributed by atoms with Gasteiger partial charge in [-0.05, 0) is 42.7 Å². The molecule has 1 saturated heterocycles. The first-order valence-corrected chi connectivity index (χ1v) is 8.74. The van der Waals surface area contributed by atoms with Gasteiger partial charge in [-0.15, -0.1) is 13.2 Å². The van der Waals surface area contributed by atoms with E-state index in [1.54, 1.807) is 18.3 Å². The van der Waals surface area contributed by atoms with Crippen LogP contribution in [0.4, 0.5) is 13.2 Å². The van der Waals surface area contributed by atoms with Crippen LogP contribution in [0.3, 0.4) is 0 Å². The van der Waals surface area contributed by atoms with Crippen LogP contribution in [0.2, 0.25) is 0 Å². The summed E-state index contributed by atoms with van der Waals surface area (Å²) in [6, 6.07) is 6.45. The smallest absolute Gasteiger partial charge is 0.406 e. The van der Waals surface area contributed by atoms with E-state index in [9.17, 15) is 13.2 Å². The molecule has 1 aliphatic carbocycles. The van der Waals surface area contributed by atoms with Crippen molar-refractivity contribution >= 4 is 0 Å². The second-order valence-corrected chi connectivity index (χ2v) is 6.67. The number of morpholine rings is 1. The fourth-order valence-corrected chi connectivity index (χ4v) is 3.50. The van der Waals surface area contributed by atoms with Gasteiger partial charge in [0.1, 0.15) is 11.6 Å². The molecule has 1 saturated carbocycles. The summed E-state index contributed by atoms with van der Waals surface area (Å²) < 4.78 is 46.3. The summed E-state index contributed by atoms with van der Waals surface area (Å²) in [5.74, 6) is 0.597. The molecule has 0 amide bonds. The molecule has 2 aliphatic rings. The van der Waals surface area contributed by atoms with E-state index >= 15 is 0 Å². The molecule has 26 heavy (non-hydrogen) atoms. The van der Waals surface area contributed by atoms with Crippen molar-refractivity contribution in [2.75, 3.05) is 19.8 Å². The molecule has 140 valence electrons. The first-order chi connectivity index (χ1) is 12.5. The maximum absolute atomic E-state index is 12.3. The van der Waals surface area contributed by atoms with Gasteiger partial charge >= 0.3 is 6.36 Å². The molecule has 1 atom stereocenters. The molecule has 8 heteroatoms. The van der Waals surface area contributed by atoms with Gasteiger partial charge in [-0.25, -0.2) is 4.98 Å². The minimum absolute atomic E-state index is 0.0932. The van der Waals surface area contributed by atoms with E-state index in [0.717, 1.165) is 30.2 Å². The lowest BCUT2D eigenvalue weighted by molar-refractivity contribution is -0.274. The van der Waals surface area contributed by atoms with E-state index in [4.69, 9.17) is 4.74 Å². The fraction of sp³-hybridized carbons (Fsp3) is 0.500. The van der Waals surface area contributed by atoms with Gasteiger partial charge in [-0.1, -0.05) is 6.42 Å². The van der Waals surface area contributed by atoms with Crippen LogP contribution in [0.25, 0.3) is 11.3 Å². The van der Waals surface area contributed by atoms with Gasteiger partial charge in [0.05, 0.1) is 31.1 Å². The van der Waals surface area contributed by atoms with Crippen LogP contribution < -0.4 is 4.74 Å². The van der Waals surface area contributed by atoms with Gasteiger partial charge < -0.3 is 14.5 Å². The lowest BCUT2D eigenvalue weighted by Crippen LogP contribution is -2.48. The third kappa shape index (κ3) is 3.71. The molecule has 1 aliphatic heterocycles. The highest BCUT2D eigenvalue weighted by molar-refractivity contribution is 5.59. The number of nitrogens with one attached hydrogen (secondary N) is 1. The van der Waals surface area contributed by atoms with Gasteiger partial charge in [-0.2, -0.15) is 0 Å². The average Bonchev–Trinajstić information content (AvgIpc) is 3.03. The van der Waals surface area contributed by atoms with Crippen LogP contribution in [-0.4, -0.2) is 47.0 Å². The molecule has 5 nitrogen and oxygen atoms in total. The van der Waals surface area contributed by atoms with Crippen molar-refractivity contribution in [3.8, 4) is 17.0 Å². The minimum Gasteiger partial charge on any atom is -0.406 e. The highest BCUT2D eigenvalue weighted by Crippen LogP contribution is 2.34. The molecule has 1 aromatic carbocycles. The second-order valence-electron chi connectivity index (χ2n) is 6.67. The molecule has 2 fully saturated rings. The molecular formula is C18H20F3N3O2. The summed E-state index contributed by atoms with van der Waals surface area (Å²) in [7, 11) is 0. The Morgan fingerprint density at radius 2 is 1.96 bits per heavy atom. The Kier molecular flexibility index (Phi) is 4.62. The summed E-state index contributed by atoms with van der Waals surface area (Å²) in [4.78, 5) is 10.3. The molecule has 2 aromatic rings. The number of aromatic nitrogens is 2. The van der Waals surface area contributed by atoms with E-state index in [0.29, 0.717) is 12.6 Å². The lowest BCUT2D eigenvalue weighted by atomic mass is 9.90. The molecule has 1 aromatic heterocycles. The Labute approximate surface area is 149 Å². The molecule has 1 N–H and O–H groups in total. The number of hydrogen-bond donors (Lipinski definition) is 1. The Morgan fingerprint density at radius 3 is 2.62 bits per heavy atom. The summed E-state index contributed by atoms with van der Waals surface area (Å²) in [5, 5.41) is 0. The van der Waals surface area contributed by atoms with Crippen molar-refractivity contribution in [2.24, 2.45) is 0 Å². The molecule has 0 bridgehead atoms. The average molecular weight is 367 g/mol. The Bertz CT molecular complexity index is 741. The van der Waals surface area contributed by atoms with E-state index < -0.39 is 6.36 Å². The normalized spacial score (nSPS) is 22.2.